The third kappa shape index (κ3) is 7.26. The number of hydrogen-bond donors (Lipinski definition) is 1. The van der Waals surface area contributed by atoms with E-state index in [1.807, 2.05) is 70.2 Å². The highest BCUT2D eigenvalue weighted by Gasteiger charge is 2.26. The molecule has 0 fully saturated rings. The summed E-state index contributed by atoms with van der Waals surface area (Å²) >= 11 is 0. The van der Waals surface area contributed by atoms with Crippen LogP contribution in [-0.4, -0.2) is 35.9 Å². The number of carbonyl (C=O) groups is 2. The number of rotatable bonds is 9. The average molecular weight is 397 g/mol. The summed E-state index contributed by atoms with van der Waals surface area (Å²) in [5, 5.41) is 2.92. The van der Waals surface area contributed by atoms with Crippen molar-refractivity contribution in [2.45, 2.75) is 47.2 Å². The zero-order chi connectivity index (χ0) is 21.4. The summed E-state index contributed by atoms with van der Waals surface area (Å²) in [6, 6.07) is 14.9. The second kappa shape index (κ2) is 10.6. The van der Waals surface area contributed by atoms with Gasteiger partial charge in [-0.2, -0.15) is 0 Å². The van der Waals surface area contributed by atoms with Gasteiger partial charge in [0, 0.05) is 13.1 Å². The minimum Gasteiger partial charge on any atom is -0.484 e. The van der Waals surface area contributed by atoms with E-state index < -0.39 is 6.04 Å². The molecular weight excluding hydrogens is 364 g/mol. The Hall–Kier alpha value is -2.82. The molecule has 156 valence electrons. The first-order valence-corrected chi connectivity index (χ1v) is 10.1. The van der Waals surface area contributed by atoms with Crippen LogP contribution in [0.2, 0.25) is 0 Å². The van der Waals surface area contributed by atoms with Crippen molar-refractivity contribution in [3.05, 3.63) is 65.2 Å². The van der Waals surface area contributed by atoms with Crippen molar-refractivity contribution >= 4 is 11.8 Å². The normalized spacial score (nSPS) is 11.8. The van der Waals surface area contributed by atoms with Crippen LogP contribution in [0.3, 0.4) is 0 Å². The monoisotopic (exact) mass is 396 g/mol. The minimum absolute atomic E-state index is 0.114. The smallest absolute Gasteiger partial charge is 0.261 e. The van der Waals surface area contributed by atoms with Gasteiger partial charge in [0.2, 0.25) is 5.91 Å². The highest BCUT2D eigenvalue weighted by molar-refractivity contribution is 5.87. The fraction of sp³-hybridized carbons (Fsp3) is 0.417. The fourth-order valence-electron chi connectivity index (χ4n) is 3.06. The summed E-state index contributed by atoms with van der Waals surface area (Å²) in [7, 11) is 0. The summed E-state index contributed by atoms with van der Waals surface area (Å²) in [6.45, 7) is 10.6. The molecule has 0 unspecified atom stereocenters. The third-order valence-electron chi connectivity index (χ3n) is 4.61. The van der Waals surface area contributed by atoms with Gasteiger partial charge in [-0.25, -0.2) is 0 Å². The number of nitrogens with zero attached hydrogens (tertiary/aromatic N) is 1. The maximum atomic E-state index is 13.0. The molecule has 0 aromatic heterocycles. The third-order valence-corrected chi connectivity index (χ3v) is 4.61. The predicted molar refractivity (Wildman–Crippen MR) is 116 cm³/mol. The van der Waals surface area contributed by atoms with Crippen molar-refractivity contribution in [1.29, 1.82) is 0 Å². The van der Waals surface area contributed by atoms with Crippen LogP contribution in [0.15, 0.2) is 48.5 Å². The maximum Gasteiger partial charge on any atom is 0.261 e. The Morgan fingerprint density at radius 2 is 1.62 bits per heavy atom. The van der Waals surface area contributed by atoms with E-state index in [2.05, 4.69) is 11.4 Å². The molecule has 2 aromatic carbocycles. The molecule has 1 N–H and O–H groups in total. The Labute approximate surface area is 174 Å². The van der Waals surface area contributed by atoms with Gasteiger partial charge in [0.15, 0.2) is 6.61 Å². The molecule has 0 saturated carbocycles. The summed E-state index contributed by atoms with van der Waals surface area (Å²) < 4.78 is 5.75. The first-order chi connectivity index (χ1) is 13.8. The van der Waals surface area contributed by atoms with Crippen molar-refractivity contribution in [3.63, 3.8) is 0 Å². The Morgan fingerprint density at radius 1 is 1.00 bits per heavy atom. The Morgan fingerprint density at radius 3 is 2.21 bits per heavy atom. The van der Waals surface area contributed by atoms with Gasteiger partial charge in [-0.05, 0) is 55.5 Å². The topological polar surface area (TPSA) is 58.6 Å². The SMILES string of the molecule is Cc1cc(C)cc(OCC(=O)N(Cc2ccccc2)[C@H](C)C(=O)NCC(C)C)c1. The Balaban J connectivity index is 2.12. The van der Waals surface area contributed by atoms with Crippen molar-refractivity contribution in [2.24, 2.45) is 5.92 Å². The van der Waals surface area contributed by atoms with E-state index in [1.54, 1.807) is 11.8 Å². The predicted octanol–water partition coefficient (Wildman–Crippen LogP) is 3.87. The molecule has 2 rings (SSSR count). The number of aryl methyl sites for hydroxylation is 2. The van der Waals surface area contributed by atoms with Gasteiger partial charge in [0.25, 0.3) is 5.91 Å². The molecule has 1 atom stereocenters. The molecule has 2 aromatic rings. The van der Waals surface area contributed by atoms with Crippen LogP contribution in [0.1, 0.15) is 37.5 Å². The van der Waals surface area contributed by atoms with E-state index in [0.717, 1.165) is 16.7 Å². The summed E-state index contributed by atoms with van der Waals surface area (Å²) in [5.74, 6) is 0.624. The first kappa shape index (κ1) is 22.5. The van der Waals surface area contributed by atoms with Crippen molar-refractivity contribution in [2.75, 3.05) is 13.2 Å². The van der Waals surface area contributed by atoms with Gasteiger partial charge < -0.3 is 15.0 Å². The number of carbonyl (C=O) groups excluding carboxylic acids is 2. The molecule has 0 spiro atoms. The molecule has 0 saturated heterocycles. The molecule has 0 radical (unpaired) electrons. The van der Waals surface area contributed by atoms with Gasteiger partial charge in [0.05, 0.1) is 0 Å². The van der Waals surface area contributed by atoms with Crippen LogP contribution >= 0.6 is 0 Å². The molecule has 5 nitrogen and oxygen atoms in total. The molecule has 29 heavy (non-hydrogen) atoms. The van der Waals surface area contributed by atoms with Gasteiger partial charge in [0.1, 0.15) is 11.8 Å². The molecule has 5 heteroatoms. The largest absolute Gasteiger partial charge is 0.484 e. The van der Waals surface area contributed by atoms with E-state index in [-0.39, 0.29) is 18.4 Å². The van der Waals surface area contributed by atoms with Crippen molar-refractivity contribution in [1.82, 2.24) is 10.2 Å². The van der Waals surface area contributed by atoms with Crippen molar-refractivity contribution in [3.8, 4) is 5.75 Å². The zero-order valence-corrected chi connectivity index (χ0v) is 18.1. The van der Waals surface area contributed by atoms with Gasteiger partial charge in [-0.3, -0.25) is 9.59 Å². The maximum absolute atomic E-state index is 13.0. The van der Waals surface area contributed by atoms with E-state index in [4.69, 9.17) is 4.74 Å². The number of hydrogen-bond acceptors (Lipinski definition) is 3. The highest BCUT2D eigenvalue weighted by atomic mass is 16.5. The number of ether oxygens (including phenoxy) is 1. The fourth-order valence-corrected chi connectivity index (χ4v) is 3.06. The van der Waals surface area contributed by atoms with E-state index in [9.17, 15) is 9.59 Å². The van der Waals surface area contributed by atoms with Gasteiger partial charge in [-0.1, -0.05) is 50.2 Å². The lowest BCUT2D eigenvalue weighted by molar-refractivity contribution is -0.142. The van der Waals surface area contributed by atoms with Crippen LogP contribution in [0.4, 0.5) is 0 Å². The Bertz CT molecular complexity index is 798. The lowest BCUT2D eigenvalue weighted by Gasteiger charge is -2.29. The molecule has 0 heterocycles. The van der Waals surface area contributed by atoms with E-state index >= 15 is 0 Å². The van der Waals surface area contributed by atoms with Crippen LogP contribution < -0.4 is 10.1 Å². The zero-order valence-electron chi connectivity index (χ0n) is 18.1. The lowest BCUT2D eigenvalue weighted by atomic mass is 10.1. The summed E-state index contributed by atoms with van der Waals surface area (Å²) in [4.78, 5) is 27.2. The standard InChI is InChI=1S/C24H32N2O3/c1-17(2)14-25-24(28)20(5)26(15-21-9-7-6-8-10-21)23(27)16-29-22-12-18(3)11-19(4)13-22/h6-13,17,20H,14-16H2,1-5H3,(H,25,28)/t20-/m1/s1. The van der Waals surface area contributed by atoms with Crippen LogP contribution in [0.25, 0.3) is 0 Å². The number of benzene rings is 2. The second-order valence-electron chi connectivity index (χ2n) is 7.93. The minimum atomic E-state index is -0.593. The van der Waals surface area contributed by atoms with E-state index in [0.29, 0.717) is 24.8 Å². The number of amides is 2. The van der Waals surface area contributed by atoms with Crippen LogP contribution in [0.5, 0.6) is 5.75 Å². The van der Waals surface area contributed by atoms with Crippen LogP contribution in [0, 0.1) is 19.8 Å². The molecule has 0 bridgehead atoms. The highest BCUT2D eigenvalue weighted by Crippen LogP contribution is 2.17. The van der Waals surface area contributed by atoms with Crippen LogP contribution in [-0.2, 0) is 16.1 Å². The second-order valence-corrected chi connectivity index (χ2v) is 7.93. The molecule has 0 aliphatic carbocycles. The van der Waals surface area contributed by atoms with Gasteiger partial charge >= 0.3 is 0 Å². The molecule has 0 aliphatic rings. The van der Waals surface area contributed by atoms with Gasteiger partial charge in [-0.15, -0.1) is 0 Å². The van der Waals surface area contributed by atoms with E-state index in [1.165, 1.54) is 0 Å². The van der Waals surface area contributed by atoms with Crippen molar-refractivity contribution < 1.29 is 14.3 Å². The molecular formula is C24H32N2O3. The summed E-state index contributed by atoms with van der Waals surface area (Å²) in [5.41, 5.74) is 3.13. The number of nitrogens with one attached hydrogen (secondary N) is 1. The molecule has 0 aliphatic heterocycles. The average Bonchev–Trinajstić information content (AvgIpc) is 2.68. The quantitative estimate of drug-likeness (QED) is 0.700. The Kier molecular flexibility index (Phi) is 8.25. The summed E-state index contributed by atoms with van der Waals surface area (Å²) in [6.07, 6.45) is 0. The molecule has 2 amide bonds. The first-order valence-electron chi connectivity index (χ1n) is 10.1. The lowest BCUT2D eigenvalue weighted by Crippen LogP contribution is -2.49.